The van der Waals surface area contributed by atoms with Gasteiger partial charge in [0.1, 0.15) is 5.76 Å². The quantitative estimate of drug-likeness (QED) is 0.793. The maximum atomic E-state index is 11.1. The molecule has 0 aliphatic heterocycles. The molecule has 1 aromatic heterocycles. The van der Waals surface area contributed by atoms with Crippen molar-refractivity contribution in [1.82, 2.24) is 5.32 Å². The van der Waals surface area contributed by atoms with Crippen molar-refractivity contribution >= 4 is 5.97 Å². The average molecular weight is 223 g/mol. The number of carbonyl (C=O) groups excluding carboxylic acids is 1. The molecule has 1 fully saturated rings. The molecule has 0 radical (unpaired) electrons. The Morgan fingerprint density at radius 3 is 2.88 bits per heavy atom. The summed E-state index contributed by atoms with van der Waals surface area (Å²) >= 11 is 0. The Hall–Kier alpha value is -1.29. The number of hydrogen-bond acceptors (Lipinski definition) is 4. The van der Waals surface area contributed by atoms with E-state index in [1.54, 1.807) is 12.1 Å². The van der Waals surface area contributed by atoms with Crippen molar-refractivity contribution in [3.8, 4) is 0 Å². The van der Waals surface area contributed by atoms with Crippen LogP contribution in [0.1, 0.15) is 36.6 Å². The van der Waals surface area contributed by atoms with Gasteiger partial charge in [-0.25, -0.2) is 4.79 Å². The number of carbonyl (C=O) groups is 1. The van der Waals surface area contributed by atoms with E-state index >= 15 is 0 Å². The maximum Gasteiger partial charge on any atom is 0.373 e. The van der Waals surface area contributed by atoms with Gasteiger partial charge in [-0.2, -0.15) is 0 Å². The van der Waals surface area contributed by atoms with Gasteiger partial charge in [0.15, 0.2) is 0 Å². The molecule has 1 atom stereocenters. The number of furan rings is 1. The fraction of sp³-hybridized carbons (Fsp3) is 0.583. The number of rotatable bonds is 4. The van der Waals surface area contributed by atoms with Crippen LogP contribution in [0.2, 0.25) is 0 Å². The normalized spacial score (nSPS) is 21.8. The highest BCUT2D eigenvalue weighted by Crippen LogP contribution is 2.44. The van der Waals surface area contributed by atoms with Crippen molar-refractivity contribution in [2.75, 3.05) is 7.11 Å². The Morgan fingerprint density at radius 1 is 1.62 bits per heavy atom. The van der Waals surface area contributed by atoms with Crippen molar-refractivity contribution < 1.29 is 13.9 Å². The van der Waals surface area contributed by atoms with Crippen molar-refractivity contribution in [3.63, 3.8) is 0 Å². The van der Waals surface area contributed by atoms with Gasteiger partial charge in [0.25, 0.3) is 0 Å². The zero-order valence-corrected chi connectivity index (χ0v) is 9.87. The lowest BCUT2D eigenvalue weighted by atomic mass is 10.2. The van der Waals surface area contributed by atoms with Crippen LogP contribution in [0, 0.1) is 5.41 Å². The lowest BCUT2D eigenvalue weighted by molar-refractivity contribution is 0.0563. The lowest BCUT2D eigenvalue weighted by Crippen LogP contribution is -2.19. The van der Waals surface area contributed by atoms with Crippen molar-refractivity contribution in [2.45, 2.75) is 32.9 Å². The van der Waals surface area contributed by atoms with E-state index in [9.17, 15) is 4.79 Å². The minimum absolute atomic E-state index is 0.259. The van der Waals surface area contributed by atoms with Crippen LogP contribution in [-0.2, 0) is 11.3 Å². The molecule has 0 bridgehead atoms. The zero-order chi connectivity index (χ0) is 11.8. The molecule has 2 rings (SSSR count). The Kier molecular flexibility index (Phi) is 2.76. The van der Waals surface area contributed by atoms with Crippen LogP contribution in [0.15, 0.2) is 16.5 Å². The minimum atomic E-state index is -0.432. The molecule has 1 unspecified atom stereocenters. The Balaban J connectivity index is 1.86. The third-order valence-electron chi connectivity index (χ3n) is 3.08. The number of hydrogen-bond donors (Lipinski definition) is 1. The zero-order valence-electron chi connectivity index (χ0n) is 9.87. The molecule has 4 nitrogen and oxygen atoms in total. The van der Waals surface area contributed by atoms with E-state index in [1.165, 1.54) is 13.5 Å². The molecule has 4 heteroatoms. The monoisotopic (exact) mass is 223 g/mol. The molecule has 1 aliphatic carbocycles. The summed E-state index contributed by atoms with van der Waals surface area (Å²) in [5, 5.41) is 3.39. The molecule has 0 amide bonds. The highest BCUT2D eigenvalue weighted by molar-refractivity contribution is 5.86. The third kappa shape index (κ3) is 2.27. The van der Waals surface area contributed by atoms with Gasteiger partial charge in [0, 0.05) is 6.04 Å². The number of nitrogens with one attached hydrogen (secondary N) is 1. The summed E-state index contributed by atoms with van der Waals surface area (Å²) < 4.78 is 9.91. The molecule has 1 N–H and O–H groups in total. The van der Waals surface area contributed by atoms with Crippen LogP contribution in [-0.4, -0.2) is 19.1 Å². The van der Waals surface area contributed by atoms with Crippen molar-refractivity contribution in [3.05, 3.63) is 23.7 Å². The standard InChI is InChI=1S/C12H17NO3/c1-12(2)6-10(12)13-7-8-4-5-9(16-8)11(14)15-3/h4-5,10,13H,6-7H2,1-3H3. The van der Waals surface area contributed by atoms with Gasteiger partial charge in [-0.05, 0) is 24.0 Å². The molecule has 1 aromatic rings. The van der Waals surface area contributed by atoms with Crippen LogP contribution in [0.3, 0.4) is 0 Å². The Morgan fingerprint density at radius 2 is 2.31 bits per heavy atom. The number of ether oxygens (including phenoxy) is 1. The van der Waals surface area contributed by atoms with Gasteiger partial charge in [-0.15, -0.1) is 0 Å². The Bertz CT molecular complexity index is 395. The van der Waals surface area contributed by atoms with Gasteiger partial charge in [0.05, 0.1) is 13.7 Å². The van der Waals surface area contributed by atoms with Gasteiger partial charge >= 0.3 is 5.97 Å². The molecule has 0 saturated heterocycles. The van der Waals surface area contributed by atoms with Crippen LogP contribution in [0.5, 0.6) is 0 Å². The number of esters is 1. The molecule has 1 aliphatic rings. The summed E-state index contributed by atoms with van der Waals surface area (Å²) in [6, 6.07) is 3.99. The predicted octanol–water partition coefficient (Wildman–Crippen LogP) is 1.95. The van der Waals surface area contributed by atoms with Crippen molar-refractivity contribution in [2.24, 2.45) is 5.41 Å². The smallest absolute Gasteiger partial charge is 0.373 e. The average Bonchev–Trinajstić information content (AvgIpc) is 2.68. The molecule has 0 spiro atoms. The van der Waals surface area contributed by atoms with E-state index < -0.39 is 5.97 Å². The van der Waals surface area contributed by atoms with Gasteiger partial charge < -0.3 is 14.5 Å². The second-order valence-electron chi connectivity index (χ2n) is 4.88. The first-order valence-corrected chi connectivity index (χ1v) is 5.43. The van der Waals surface area contributed by atoms with Gasteiger partial charge in [-0.3, -0.25) is 0 Å². The Labute approximate surface area is 95.0 Å². The highest BCUT2D eigenvalue weighted by atomic mass is 16.5. The second-order valence-corrected chi connectivity index (χ2v) is 4.88. The summed E-state index contributed by atoms with van der Waals surface area (Å²) in [5.74, 6) is 0.593. The van der Waals surface area contributed by atoms with Crippen LogP contribution < -0.4 is 5.32 Å². The second kappa shape index (κ2) is 3.94. The van der Waals surface area contributed by atoms with E-state index in [2.05, 4.69) is 23.9 Å². The van der Waals surface area contributed by atoms with Gasteiger partial charge in [0.2, 0.25) is 5.76 Å². The largest absolute Gasteiger partial charge is 0.463 e. The highest BCUT2D eigenvalue weighted by Gasteiger charge is 2.45. The lowest BCUT2D eigenvalue weighted by Gasteiger charge is -2.04. The van der Waals surface area contributed by atoms with Crippen molar-refractivity contribution in [1.29, 1.82) is 0 Å². The SMILES string of the molecule is COC(=O)c1ccc(CNC2CC2(C)C)o1. The molecule has 1 heterocycles. The third-order valence-corrected chi connectivity index (χ3v) is 3.08. The molecule has 16 heavy (non-hydrogen) atoms. The van der Waals surface area contributed by atoms with E-state index in [0.717, 1.165) is 5.76 Å². The maximum absolute atomic E-state index is 11.1. The molecule has 88 valence electrons. The van der Waals surface area contributed by atoms with E-state index in [4.69, 9.17) is 4.42 Å². The molecular formula is C12H17NO3. The summed E-state index contributed by atoms with van der Waals surface area (Å²) in [5.41, 5.74) is 0.401. The fourth-order valence-corrected chi connectivity index (χ4v) is 1.72. The first-order chi connectivity index (χ1) is 7.53. The van der Waals surface area contributed by atoms with E-state index in [1.807, 2.05) is 0 Å². The van der Waals surface area contributed by atoms with E-state index in [0.29, 0.717) is 18.0 Å². The summed E-state index contributed by atoms with van der Waals surface area (Å²) in [7, 11) is 1.34. The molecular weight excluding hydrogens is 206 g/mol. The summed E-state index contributed by atoms with van der Waals surface area (Å²) in [6.45, 7) is 5.12. The van der Waals surface area contributed by atoms with Gasteiger partial charge in [-0.1, -0.05) is 13.8 Å². The fourth-order valence-electron chi connectivity index (χ4n) is 1.72. The van der Waals surface area contributed by atoms with E-state index in [-0.39, 0.29) is 5.76 Å². The predicted molar refractivity (Wildman–Crippen MR) is 59.1 cm³/mol. The molecule has 0 aromatic carbocycles. The van der Waals surface area contributed by atoms with Crippen LogP contribution in [0.4, 0.5) is 0 Å². The minimum Gasteiger partial charge on any atom is -0.463 e. The van der Waals surface area contributed by atoms with Crippen LogP contribution >= 0.6 is 0 Å². The topological polar surface area (TPSA) is 51.5 Å². The van der Waals surface area contributed by atoms with Crippen LogP contribution in [0.25, 0.3) is 0 Å². The first kappa shape index (κ1) is 11.2. The first-order valence-electron chi connectivity index (χ1n) is 5.43. The summed E-state index contributed by atoms with van der Waals surface area (Å²) in [4.78, 5) is 11.1. The summed E-state index contributed by atoms with van der Waals surface area (Å²) in [6.07, 6.45) is 1.19. The molecule has 1 saturated carbocycles. The number of methoxy groups -OCH3 is 1.